The number of esters is 2. The summed E-state index contributed by atoms with van der Waals surface area (Å²) < 4.78 is 20.1. The lowest BCUT2D eigenvalue weighted by atomic mass is 10.2. The fourth-order valence-electron chi connectivity index (χ4n) is 1.73. The predicted octanol–water partition coefficient (Wildman–Crippen LogP) is 2.46. The molecule has 10 heteroatoms. The summed E-state index contributed by atoms with van der Waals surface area (Å²) in [5.41, 5.74) is -1.35. The minimum absolute atomic E-state index is 0.0670. The number of carbonyl (C=O) groups is 4. The molecule has 0 aliphatic rings. The van der Waals surface area contributed by atoms with Gasteiger partial charge < -0.3 is 29.6 Å². The topological polar surface area (TPSA) is 129 Å². The molecule has 0 spiro atoms. The van der Waals surface area contributed by atoms with Crippen LogP contribution in [0.2, 0.25) is 0 Å². The molecule has 0 radical (unpaired) electrons. The van der Waals surface area contributed by atoms with Gasteiger partial charge in [0.05, 0.1) is 0 Å². The van der Waals surface area contributed by atoms with Crippen molar-refractivity contribution in [2.24, 2.45) is 0 Å². The maximum Gasteiger partial charge on any atom is 0.408 e. The first-order chi connectivity index (χ1) is 13.6. The van der Waals surface area contributed by atoms with Crippen LogP contribution in [0.25, 0.3) is 0 Å². The summed E-state index contributed by atoms with van der Waals surface area (Å²) in [6, 6.07) is -1.77. The third kappa shape index (κ3) is 14.3. The van der Waals surface area contributed by atoms with Gasteiger partial charge in [0.15, 0.2) is 0 Å². The van der Waals surface area contributed by atoms with Crippen molar-refractivity contribution in [1.29, 1.82) is 0 Å². The summed E-state index contributed by atoms with van der Waals surface area (Å²) in [7, 11) is 0. The third-order valence-corrected chi connectivity index (χ3v) is 2.98. The fraction of sp³-hybridized carbons (Fsp3) is 0.700. The van der Waals surface area contributed by atoms with Gasteiger partial charge in [-0.25, -0.2) is 19.2 Å². The van der Waals surface area contributed by atoms with Crippen molar-refractivity contribution in [3.63, 3.8) is 0 Å². The van der Waals surface area contributed by atoms with Crippen LogP contribution in [0.5, 0.6) is 0 Å². The number of carbonyl (C=O) groups excluding carboxylic acids is 4. The number of amides is 2. The zero-order valence-electron chi connectivity index (χ0n) is 19.0. The summed E-state index contributed by atoms with van der Waals surface area (Å²) in [5.74, 6) is -1.28. The molecule has 2 N–H and O–H groups in total. The Balaban J connectivity index is 4.12. The van der Waals surface area contributed by atoms with Crippen LogP contribution < -0.4 is 10.6 Å². The first-order valence-electron chi connectivity index (χ1n) is 9.58. The van der Waals surface area contributed by atoms with Crippen molar-refractivity contribution in [3.8, 4) is 0 Å². The molecule has 0 fully saturated rings. The second kappa shape index (κ2) is 12.0. The van der Waals surface area contributed by atoms with Crippen LogP contribution in [0.1, 0.15) is 55.4 Å². The fourth-order valence-corrected chi connectivity index (χ4v) is 1.73. The van der Waals surface area contributed by atoms with E-state index >= 15 is 0 Å². The van der Waals surface area contributed by atoms with E-state index in [1.807, 2.05) is 0 Å². The molecule has 0 saturated heterocycles. The normalized spacial score (nSPS) is 13.7. The maximum absolute atomic E-state index is 11.8. The Labute approximate surface area is 177 Å². The number of hydrogen-bond acceptors (Lipinski definition) is 8. The van der Waals surface area contributed by atoms with E-state index in [0.717, 1.165) is 0 Å². The molecule has 0 heterocycles. The lowest BCUT2D eigenvalue weighted by Gasteiger charge is -2.21. The summed E-state index contributed by atoms with van der Waals surface area (Å²) in [6.07, 6.45) is 1.53. The Bertz CT molecular complexity index is 578. The van der Waals surface area contributed by atoms with Gasteiger partial charge in [-0.15, -0.1) is 0 Å². The van der Waals surface area contributed by atoms with Gasteiger partial charge in [-0.1, -0.05) is 0 Å². The smallest absolute Gasteiger partial charge is 0.408 e. The van der Waals surface area contributed by atoms with Crippen molar-refractivity contribution in [3.05, 3.63) is 12.2 Å². The lowest BCUT2D eigenvalue weighted by Crippen LogP contribution is -2.42. The molecule has 0 rings (SSSR count). The number of nitrogens with one attached hydrogen (secondary N) is 2. The number of rotatable bonds is 8. The molecular weight excluding hydrogens is 396 g/mol. The molecule has 172 valence electrons. The van der Waals surface area contributed by atoms with Gasteiger partial charge >= 0.3 is 24.1 Å². The Kier molecular flexibility index (Phi) is 10.9. The van der Waals surface area contributed by atoms with Crippen LogP contribution in [0.15, 0.2) is 12.2 Å². The molecule has 30 heavy (non-hydrogen) atoms. The molecule has 0 aromatic rings. The SMILES string of the molecule is C[C@H](NC(=O)OC(C)(C)C)C(=O)OC/C=C/COC(=O)[C@H](C)NC(=O)OC(C)(C)C. The van der Waals surface area contributed by atoms with E-state index in [-0.39, 0.29) is 13.2 Å². The van der Waals surface area contributed by atoms with Crippen molar-refractivity contribution >= 4 is 24.1 Å². The summed E-state index contributed by atoms with van der Waals surface area (Å²) in [4.78, 5) is 46.8. The Morgan fingerprint density at radius 3 is 1.27 bits per heavy atom. The highest BCUT2D eigenvalue weighted by Gasteiger charge is 2.22. The third-order valence-electron chi connectivity index (χ3n) is 2.98. The Morgan fingerprint density at radius 2 is 1.00 bits per heavy atom. The van der Waals surface area contributed by atoms with E-state index in [4.69, 9.17) is 18.9 Å². The molecule has 10 nitrogen and oxygen atoms in total. The summed E-state index contributed by atoms with van der Waals surface area (Å²) in [6.45, 7) is 13.1. The standard InChI is InChI=1S/C20H34N2O8/c1-13(21-17(25)29-19(3,4)5)15(23)27-11-9-10-12-28-16(24)14(2)22-18(26)30-20(6,7)8/h9-10,13-14H,11-12H2,1-8H3,(H,21,25)(H,22,26)/b10-9+/t13-,14-/m0/s1. The van der Waals surface area contributed by atoms with Gasteiger partial charge in [0.1, 0.15) is 36.5 Å². The molecule has 0 bridgehead atoms. The van der Waals surface area contributed by atoms with E-state index < -0.39 is 47.4 Å². The highest BCUT2D eigenvalue weighted by atomic mass is 16.6. The quantitative estimate of drug-likeness (QED) is 0.341. The minimum Gasteiger partial charge on any atom is -0.460 e. The van der Waals surface area contributed by atoms with E-state index in [2.05, 4.69) is 10.6 Å². The van der Waals surface area contributed by atoms with Gasteiger partial charge in [0.25, 0.3) is 0 Å². The second-order valence-corrected chi connectivity index (χ2v) is 8.47. The van der Waals surface area contributed by atoms with E-state index in [1.54, 1.807) is 41.5 Å². The monoisotopic (exact) mass is 430 g/mol. The molecule has 0 aromatic heterocycles. The predicted molar refractivity (Wildman–Crippen MR) is 109 cm³/mol. The van der Waals surface area contributed by atoms with Crippen LogP contribution in [0, 0.1) is 0 Å². The van der Waals surface area contributed by atoms with Crippen molar-refractivity contribution in [1.82, 2.24) is 10.6 Å². The molecule has 0 unspecified atom stereocenters. The molecule has 2 amide bonds. The van der Waals surface area contributed by atoms with Crippen LogP contribution in [0.3, 0.4) is 0 Å². The Morgan fingerprint density at radius 1 is 0.700 bits per heavy atom. The van der Waals surface area contributed by atoms with Crippen molar-refractivity contribution < 1.29 is 38.1 Å². The molecule has 0 aliphatic heterocycles. The van der Waals surface area contributed by atoms with Gasteiger partial charge in [0.2, 0.25) is 0 Å². The molecule has 0 aliphatic carbocycles. The van der Waals surface area contributed by atoms with Crippen LogP contribution >= 0.6 is 0 Å². The zero-order valence-corrected chi connectivity index (χ0v) is 19.0. The molecule has 0 saturated carbocycles. The van der Waals surface area contributed by atoms with Gasteiger partial charge in [-0.05, 0) is 67.5 Å². The average molecular weight is 430 g/mol. The number of ether oxygens (including phenoxy) is 4. The lowest BCUT2D eigenvalue weighted by molar-refractivity contribution is -0.145. The largest absolute Gasteiger partial charge is 0.460 e. The van der Waals surface area contributed by atoms with Crippen molar-refractivity contribution in [2.45, 2.75) is 78.7 Å². The zero-order chi connectivity index (χ0) is 23.5. The van der Waals surface area contributed by atoms with Crippen LogP contribution in [0.4, 0.5) is 9.59 Å². The van der Waals surface area contributed by atoms with Gasteiger partial charge in [0, 0.05) is 0 Å². The highest BCUT2D eigenvalue weighted by Crippen LogP contribution is 2.07. The highest BCUT2D eigenvalue weighted by molar-refractivity contribution is 5.81. The maximum atomic E-state index is 11.8. The van der Waals surface area contributed by atoms with E-state index in [9.17, 15) is 19.2 Å². The van der Waals surface area contributed by atoms with Crippen molar-refractivity contribution in [2.75, 3.05) is 13.2 Å². The molecule has 2 atom stereocenters. The number of alkyl carbamates (subject to hydrolysis) is 2. The molecular formula is C20H34N2O8. The summed E-state index contributed by atoms with van der Waals surface area (Å²) >= 11 is 0. The van der Waals surface area contributed by atoms with E-state index in [1.165, 1.54) is 26.0 Å². The summed E-state index contributed by atoms with van der Waals surface area (Å²) in [5, 5.41) is 4.74. The van der Waals surface area contributed by atoms with Crippen LogP contribution in [-0.2, 0) is 28.5 Å². The van der Waals surface area contributed by atoms with E-state index in [0.29, 0.717) is 0 Å². The Hall–Kier alpha value is -2.78. The first kappa shape index (κ1) is 27.2. The second-order valence-electron chi connectivity index (χ2n) is 8.47. The average Bonchev–Trinajstić information content (AvgIpc) is 2.53. The van der Waals surface area contributed by atoms with Crippen LogP contribution in [-0.4, -0.2) is 60.6 Å². The first-order valence-corrected chi connectivity index (χ1v) is 9.58. The van der Waals surface area contributed by atoms with Gasteiger partial charge in [-0.2, -0.15) is 0 Å². The number of hydrogen-bond donors (Lipinski definition) is 2. The van der Waals surface area contributed by atoms with Gasteiger partial charge in [-0.3, -0.25) is 0 Å². The molecule has 0 aromatic carbocycles. The minimum atomic E-state index is -0.883.